The number of rotatable bonds is 15. The van der Waals surface area contributed by atoms with Crippen LogP contribution in [0.5, 0.6) is 23.0 Å². The fourth-order valence-corrected chi connectivity index (χ4v) is 3.52. The van der Waals surface area contributed by atoms with Gasteiger partial charge < -0.3 is 14.2 Å². The molecule has 0 bridgehead atoms. The van der Waals surface area contributed by atoms with Crippen molar-refractivity contribution in [1.29, 1.82) is 0 Å². The van der Waals surface area contributed by atoms with Crippen LogP contribution in [0.3, 0.4) is 0 Å². The van der Waals surface area contributed by atoms with Crippen LogP contribution in [-0.2, 0) is 0 Å². The van der Waals surface area contributed by atoms with E-state index >= 15 is 0 Å². The fourth-order valence-electron chi connectivity index (χ4n) is 3.52. The number of hydrogen-bond donors (Lipinski definition) is 0. The minimum absolute atomic E-state index is 0.629. The summed E-state index contributed by atoms with van der Waals surface area (Å²) in [6.07, 6.45) is 10.8. The fraction of sp³-hybridized carbons (Fsp3) is 0.444. The summed E-state index contributed by atoms with van der Waals surface area (Å²) < 4.78 is 18.7. The zero-order valence-electron chi connectivity index (χ0n) is 19.8. The van der Waals surface area contributed by atoms with E-state index in [0.29, 0.717) is 36.2 Å². The second-order valence-corrected chi connectivity index (χ2v) is 8.01. The number of hydrogen-bond acceptors (Lipinski definition) is 6. The number of benzene rings is 2. The van der Waals surface area contributed by atoms with Gasteiger partial charge in [-0.2, -0.15) is 0 Å². The average molecular weight is 450 g/mol. The molecular weight excluding hydrogens is 414 g/mol. The van der Waals surface area contributed by atoms with Gasteiger partial charge in [-0.05, 0) is 48.4 Å². The molecule has 0 N–H and O–H groups in total. The number of nitrogens with zero attached hydrogens (tertiary/aromatic N) is 3. The van der Waals surface area contributed by atoms with Gasteiger partial charge in [-0.15, -0.1) is 10.2 Å². The van der Waals surface area contributed by atoms with Crippen LogP contribution in [0, 0.1) is 0 Å². The summed E-state index contributed by atoms with van der Waals surface area (Å²) in [7, 11) is 0. The Morgan fingerprint density at radius 1 is 0.667 bits per heavy atom. The Bertz CT molecular complexity index is 950. The van der Waals surface area contributed by atoms with Gasteiger partial charge in [0.05, 0.1) is 19.4 Å². The first-order valence-electron chi connectivity index (χ1n) is 12.1. The van der Waals surface area contributed by atoms with E-state index in [1.807, 2.05) is 48.5 Å². The first-order chi connectivity index (χ1) is 16.3. The molecule has 0 atom stereocenters. The van der Waals surface area contributed by atoms with Crippen molar-refractivity contribution in [1.82, 2.24) is 15.4 Å². The van der Waals surface area contributed by atoms with Gasteiger partial charge in [0.1, 0.15) is 11.4 Å². The number of aromatic nitrogens is 3. The third-order valence-electron chi connectivity index (χ3n) is 5.33. The van der Waals surface area contributed by atoms with Gasteiger partial charge in [0.2, 0.25) is 5.75 Å². The highest BCUT2D eigenvalue weighted by Crippen LogP contribution is 2.42. The molecule has 0 radical (unpaired) electrons. The molecule has 0 aliphatic heterocycles. The summed E-state index contributed by atoms with van der Waals surface area (Å²) in [5.74, 6) is 2.68. The topological polar surface area (TPSA) is 66.4 Å². The lowest BCUT2D eigenvalue weighted by molar-refractivity contribution is 0.251. The Morgan fingerprint density at radius 3 is 2.09 bits per heavy atom. The quantitative estimate of drug-likeness (QED) is 0.228. The van der Waals surface area contributed by atoms with Crippen molar-refractivity contribution in [2.45, 2.75) is 65.2 Å². The second-order valence-electron chi connectivity index (χ2n) is 8.01. The molecule has 1 aromatic heterocycles. The minimum Gasteiger partial charge on any atom is -0.490 e. The second kappa shape index (κ2) is 14.1. The highest BCUT2D eigenvalue weighted by atomic mass is 16.5. The van der Waals surface area contributed by atoms with Gasteiger partial charge in [0.15, 0.2) is 11.5 Å². The molecule has 0 saturated heterocycles. The molecule has 3 rings (SSSR count). The normalized spacial score (nSPS) is 10.7. The van der Waals surface area contributed by atoms with Crippen LogP contribution in [0.1, 0.15) is 65.2 Å². The predicted molar refractivity (Wildman–Crippen MR) is 131 cm³/mol. The van der Waals surface area contributed by atoms with E-state index in [4.69, 9.17) is 14.2 Å². The Morgan fingerprint density at radius 2 is 1.36 bits per heavy atom. The van der Waals surface area contributed by atoms with Crippen LogP contribution in [0.2, 0.25) is 0 Å². The van der Waals surface area contributed by atoms with Crippen molar-refractivity contribution >= 4 is 0 Å². The van der Waals surface area contributed by atoms with Crippen LogP contribution in [0.25, 0.3) is 11.3 Å². The Kier molecular flexibility index (Phi) is 10.5. The summed E-state index contributed by atoms with van der Waals surface area (Å²) in [6.45, 7) is 5.71. The molecule has 0 spiro atoms. The summed E-state index contributed by atoms with van der Waals surface area (Å²) in [5, 5.41) is 11.7. The zero-order chi connectivity index (χ0) is 23.1. The Hall–Kier alpha value is -3.15. The third kappa shape index (κ3) is 7.74. The van der Waals surface area contributed by atoms with E-state index in [1.165, 1.54) is 32.1 Å². The highest BCUT2D eigenvalue weighted by molar-refractivity contribution is 5.67. The molecule has 0 unspecified atom stereocenters. The standard InChI is InChI=1S/C27H35N3O3/c1-3-5-7-11-20-31-25-16-13-17-26(27(25)32-21-12-8-6-4-2)33-24-15-10-9-14-22(24)23-18-19-28-30-29-23/h9-10,13-19H,3-8,11-12,20-21H2,1-2H3. The molecule has 6 nitrogen and oxygen atoms in total. The molecule has 0 amide bonds. The monoisotopic (exact) mass is 449 g/mol. The molecule has 6 heteroatoms. The van der Waals surface area contributed by atoms with Crippen molar-refractivity contribution in [2.24, 2.45) is 0 Å². The lowest BCUT2D eigenvalue weighted by atomic mass is 10.1. The molecule has 0 saturated carbocycles. The van der Waals surface area contributed by atoms with Crippen molar-refractivity contribution in [3.05, 3.63) is 54.7 Å². The maximum Gasteiger partial charge on any atom is 0.204 e. The summed E-state index contributed by atoms with van der Waals surface area (Å²) >= 11 is 0. The van der Waals surface area contributed by atoms with Crippen LogP contribution >= 0.6 is 0 Å². The highest BCUT2D eigenvalue weighted by Gasteiger charge is 2.16. The van der Waals surface area contributed by atoms with Crippen LogP contribution in [0.15, 0.2) is 54.7 Å². The SMILES string of the molecule is CCCCCCOc1cccc(Oc2ccccc2-c2ccnnn2)c1OCCCCCC. The first-order valence-corrected chi connectivity index (χ1v) is 12.1. The van der Waals surface area contributed by atoms with Crippen molar-refractivity contribution in [2.75, 3.05) is 13.2 Å². The molecular formula is C27H35N3O3. The third-order valence-corrected chi connectivity index (χ3v) is 5.33. The number of unbranched alkanes of at least 4 members (excludes halogenated alkanes) is 6. The van der Waals surface area contributed by atoms with Crippen molar-refractivity contribution < 1.29 is 14.2 Å². The molecule has 1 heterocycles. The first kappa shape index (κ1) is 24.5. The van der Waals surface area contributed by atoms with Gasteiger partial charge in [0, 0.05) is 5.56 Å². The molecule has 3 aromatic rings. The van der Waals surface area contributed by atoms with E-state index in [1.54, 1.807) is 6.20 Å². The minimum atomic E-state index is 0.629. The van der Waals surface area contributed by atoms with E-state index in [9.17, 15) is 0 Å². The summed E-state index contributed by atoms with van der Waals surface area (Å²) in [6, 6.07) is 15.4. The Balaban J connectivity index is 1.81. The lowest BCUT2D eigenvalue weighted by Gasteiger charge is -2.18. The summed E-state index contributed by atoms with van der Waals surface area (Å²) in [5.41, 5.74) is 1.54. The molecule has 0 aliphatic carbocycles. The smallest absolute Gasteiger partial charge is 0.204 e. The van der Waals surface area contributed by atoms with E-state index in [0.717, 1.165) is 30.6 Å². The van der Waals surface area contributed by atoms with E-state index < -0.39 is 0 Å². The number of ether oxygens (including phenoxy) is 3. The Labute approximate surface area is 197 Å². The van der Waals surface area contributed by atoms with Gasteiger partial charge in [-0.25, -0.2) is 0 Å². The molecule has 176 valence electrons. The van der Waals surface area contributed by atoms with Crippen LogP contribution in [-0.4, -0.2) is 28.6 Å². The molecule has 0 aliphatic rings. The van der Waals surface area contributed by atoms with E-state index in [2.05, 4.69) is 29.3 Å². The van der Waals surface area contributed by atoms with Gasteiger partial charge in [-0.3, -0.25) is 0 Å². The molecule has 2 aromatic carbocycles. The maximum atomic E-state index is 6.37. The molecule has 33 heavy (non-hydrogen) atoms. The van der Waals surface area contributed by atoms with Crippen molar-refractivity contribution in [3.8, 4) is 34.3 Å². The van der Waals surface area contributed by atoms with Crippen LogP contribution in [0.4, 0.5) is 0 Å². The largest absolute Gasteiger partial charge is 0.490 e. The maximum absolute atomic E-state index is 6.37. The van der Waals surface area contributed by atoms with E-state index in [-0.39, 0.29) is 0 Å². The molecule has 0 fully saturated rings. The summed E-state index contributed by atoms with van der Waals surface area (Å²) in [4.78, 5) is 0. The van der Waals surface area contributed by atoms with Crippen LogP contribution < -0.4 is 14.2 Å². The van der Waals surface area contributed by atoms with Gasteiger partial charge in [0.25, 0.3) is 0 Å². The van der Waals surface area contributed by atoms with Gasteiger partial charge in [-0.1, -0.05) is 70.6 Å². The number of para-hydroxylation sites is 2. The zero-order valence-corrected chi connectivity index (χ0v) is 19.8. The lowest BCUT2D eigenvalue weighted by Crippen LogP contribution is -2.04. The average Bonchev–Trinajstić information content (AvgIpc) is 2.86. The van der Waals surface area contributed by atoms with Gasteiger partial charge >= 0.3 is 0 Å². The van der Waals surface area contributed by atoms with Crippen molar-refractivity contribution in [3.63, 3.8) is 0 Å². The predicted octanol–water partition coefficient (Wildman–Crippen LogP) is 7.25.